The monoisotopic (exact) mass is 572 g/mol. The smallest absolute Gasteiger partial charge is 0.253 e. The number of nitrogens with zero attached hydrogens (tertiary/aromatic N) is 2. The van der Waals surface area contributed by atoms with E-state index in [9.17, 15) is 4.79 Å². The first-order valence-corrected chi connectivity index (χ1v) is 10.3. The van der Waals surface area contributed by atoms with E-state index in [0.29, 0.717) is 12.1 Å². The standard InChI is InChI=1S/C22H29BrN4O.HI/c1-5-24-22(26-16(2)19-11-6-7-12-20(19)23)25-14-13-17-9-8-10-18(15-17)21(28)27(3)4;/h6-12,15-16H,5,13-14H2,1-4H3,(H2,24,25,26);1H. The van der Waals surface area contributed by atoms with Gasteiger partial charge in [-0.05, 0) is 49.6 Å². The van der Waals surface area contributed by atoms with Crippen LogP contribution in [0.25, 0.3) is 0 Å². The molecule has 1 amide bonds. The van der Waals surface area contributed by atoms with E-state index in [4.69, 9.17) is 4.99 Å². The Hall–Kier alpha value is -1.61. The van der Waals surface area contributed by atoms with Gasteiger partial charge in [-0.25, -0.2) is 0 Å². The number of amides is 1. The van der Waals surface area contributed by atoms with Gasteiger partial charge in [0.05, 0.1) is 6.04 Å². The molecule has 0 aliphatic carbocycles. The summed E-state index contributed by atoms with van der Waals surface area (Å²) in [5.74, 6) is 0.800. The lowest BCUT2D eigenvalue weighted by atomic mass is 10.1. The fraction of sp³-hybridized carbons (Fsp3) is 0.364. The number of nitrogens with one attached hydrogen (secondary N) is 2. The number of carbonyl (C=O) groups is 1. The van der Waals surface area contributed by atoms with Crippen molar-refractivity contribution in [2.75, 3.05) is 27.2 Å². The van der Waals surface area contributed by atoms with Gasteiger partial charge in [-0.2, -0.15) is 0 Å². The molecule has 158 valence electrons. The first-order valence-electron chi connectivity index (χ1n) is 9.52. The molecule has 0 aliphatic rings. The van der Waals surface area contributed by atoms with Crippen LogP contribution in [0.15, 0.2) is 58.0 Å². The minimum absolute atomic E-state index is 0. The Morgan fingerprint density at radius 2 is 1.90 bits per heavy atom. The quantitative estimate of drug-likeness (QED) is 0.289. The van der Waals surface area contributed by atoms with E-state index < -0.39 is 0 Å². The van der Waals surface area contributed by atoms with Gasteiger partial charge in [0.1, 0.15) is 0 Å². The first kappa shape index (κ1) is 25.4. The van der Waals surface area contributed by atoms with Crippen LogP contribution in [0.3, 0.4) is 0 Å². The number of rotatable bonds is 7. The number of benzene rings is 2. The highest BCUT2D eigenvalue weighted by molar-refractivity contribution is 14.0. The molecule has 29 heavy (non-hydrogen) atoms. The van der Waals surface area contributed by atoms with Crippen LogP contribution in [0.1, 0.15) is 41.4 Å². The predicted molar refractivity (Wildman–Crippen MR) is 135 cm³/mol. The van der Waals surface area contributed by atoms with Gasteiger partial charge >= 0.3 is 0 Å². The van der Waals surface area contributed by atoms with E-state index in [0.717, 1.165) is 29.0 Å². The summed E-state index contributed by atoms with van der Waals surface area (Å²) in [6.45, 7) is 5.60. The van der Waals surface area contributed by atoms with Gasteiger partial charge in [-0.15, -0.1) is 24.0 Å². The first-order chi connectivity index (χ1) is 13.4. The SMILES string of the molecule is CCNC(=NCCc1cccc(C(=O)N(C)C)c1)NC(C)c1ccccc1Br.I. The highest BCUT2D eigenvalue weighted by atomic mass is 127. The van der Waals surface area contributed by atoms with Crippen molar-refractivity contribution in [1.29, 1.82) is 0 Å². The van der Waals surface area contributed by atoms with Crippen LogP contribution in [0.2, 0.25) is 0 Å². The predicted octanol–water partition coefficient (Wildman–Crippen LogP) is 4.63. The maximum absolute atomic E-state index is 12.1. The molecule has 0 radical (unpaired) electrons. The molecule has 0 fully saturated rings. The average molecular weight is 573 g/mol. The van der Waals surface area contributed by atoms with Crippen LogP contribution in [-0.4, -0.2) is 44.0 Å². The molecule has 0 bridgehead atoms. The molecular weight excluding hydrogens is 543 g/mol. The van der Waals surface area contributed by atoms with Crippen molar-refractivity contribution < 1.29 is 4.79 Å². The number of guanidine groups is 1. The molecule has 2 rings (SSSR count). The van der Waals surface area contributed by atoms with E-state index in [1.807, 2.05) is 42.5 Å². The molecule has 0 aliphatic heterocycles. The van der Waals surface area contributed by atoms with E-state index in [2.05, 4.69) is 46.5 Å². The summed E-state index contributed by atoms with van der Waals surface area (Å²) in [6.07, 6.45) is 0.772. The van der Waals surface area contributed by atoms with Gasteiger partial charge in [-0.1, -0.05) is 46.3 Å². The van der Waals surface area contributed by atoms with Gasteiger partial charge in [0, 0.05) is 37.2 Å². The summed E-state index contributed by atoms with van der Waals surface area (Å²) in [6, 6.07) is 16.0. The van der Waals surface area contributed by atoms with E-state index in [1.54, 1.807) is 19.0 Å². The molecule has 2 aromatic rings. The lowest BCUT2D eigenvalue weighted by Crippen LogP contribution is -2.39. The van der Waals surface area contributed by atoms with Crippen molar-refractivity contribution in [1.82, 2.24) is 15.5 Å². The molecule has 0 saturated heterocycles. The molecule has 5 nitrogen and oxygen atoms in total. The van der Waals surface area contributed by atoms with Crippen molar-refractivity contribution in [3.8, 4) is 0 Å². The Bertz CT molecular complexity index is 826. The van der Waals surface area contributed by atoms with Gasteiger partial charge in [0.15, 0.2) is 5.96 Å². The van der Waals surface area contributed by atoms with Crippen molar-refractivity contribution in [2.24, 2.45) is 4.99 Å². The lowest BCUT2D eigenvalue weighted by molar-refractivity contribution is 0.0827. The third kappa shape index (κ3) is 7.97. The number of carbonyl (C=O) groups excluding carboxylic acids is 1. The minimum Gasteiger partial charge on any atom is -0.357 e. The molecule has 0 spiro atoms. The summed E-state index contributed by atoms with van der Waals surface area (Å²) < 4.78 is 1.08. The van der Waals surface area contributed by atoms with Crippen LogP contribution in [0.4, 0.5) is 0 Å². The summed E-state index contributed by atoms with van der Waals surface area (Å²) in [7, 11) is 3.53. The Labute approximate surface area is 199 Å². The molecule has 0 aromatic heterocycles. The average Bonchev–Trinajstić information content (AvgIpc) is 2.68. The Morgan fingerprint density at radius 1 is 1.17 bits per heavy atom. The fourth-order valence-corrected chi connectivity index (χ4v) is 3.47. The Kier molecular flexibility index (Phi) is 11.3. The van der Waals surface area contributed by atoms with Crippen molar-refractivity contribution in [2.45, 2.75) is 26.3 Å². The third-order valence-corrected chi connectivity index (χ3v) is 5.04. The second-order valence-corrected chi connectivity index (χ2v) is 7.65. The fourth-order valence-electron chi connectivity index (χ4n) is 2.84. The van der Waals surface area contributed by atoms with Crippen LogP contribution in [-0.2, 0) is 6.42 Å². The van der Waals surface area contributed by atoms with Crippen molar-refractivity contribution in [3.05, 3.63) is 69.7 Å². The normalized spacial score (nSPS) is 12.0. The molecule has 0 heterocycles. The number of hydrogen-bond donors (Lipinski definition) is 2. The zero-order valence-electron chi connectivity index (χ0n) is 17.4. The van der Waals surface area contributed by atoms with Gasteiger partial charge in [0.25, 0.3) is 5.91 Å². The molecule has 1 atom stereocenters. The van der Waals surface area contributed by atoms with Crippen LogP contribution in [0, 0.1) is 0 Å². The van der Waals surface area contributed by atoms with Gasteiger partial charge in [-0.3, -0.25) is 9.79 Å². The number of halogens is 2. The van der Waals surface area contributed by atoms with Crippen LogP contribution >= 0.6 is 39.9 Å². The molecule has 2 N–H and O–H groups in total. The third-order valence-electron chi connectivity index (χ3n) is 4.32. The summed E-state index contributed by atoms with van der Waals surface area (Å²) in [4.78, 5) is 18.4. The van der Waals surface area contributed by atoms with E-state index >= 15 is 0 Å². The summed E-state index contributed by atoms with van der Waals surface area (Å²) in [5, 5.41) is 6.75. The summed E-state index contributed by atoms with van der Waals surface area (Å²) >= 11 is 3.61. The molecule has 1 unspecified atom stereocenters. The maximum atomic E-state index is 12.1. The second-order valence-electron chi connectivity index (χ2n) is 6.80. The van der Waals surface area contributed by atoms with Crippen molar-refractivity contribution in [3.63, 3.8) is 0 Å². The Morgan fingerprint density at radius 3 is 2.55 bits per heavy atom. The minimum atomic E-state index is 0. The van der Waals surface area contributed by atoms with E-state index in [1.165, 1.54) is 5.56 Å². The van der Waals surface area contributed by atoms with Gasteiger partial charge < -0.3 is 15.5 Å². The topological polar surface area (TPSA) is 56.7 Å². The largest absolute Gasteiger partial charge is 0.357 e. The zero-order chi connectivity index (χ0) is 20.5. The molecule has 7 heteroatoms. The molecular formula is C22H30BrIN4O. The Balaban J connectivity index is 0.00000420. The van der Waals surface area contributed by atoms with Crippen LogP contribution in [0.5, 0.6) is 0 Å². The zero-order valence-corrected chi connectivity index (χ0v) is 21.3. The molecule has 2 aromatic carbocycles. The lowest BCUT2D eigenvalue weighted by Gasteiger charge is -2.19. The molecule has 0 saturated carbocycles. The highest BCUT2D eigenvalue weighted by Crippen LogP contribution is 2.22. The van der Waals surface area contributed by atoms with Crippen LogP contribution < -0.4 is 10.6 Å². The van der Waals surface area contributed by atoms with Gasteiger partial charge in [0.2, 0.25) is 0 Å². The summed E-state index contributed by atoms with van der Waals surface area (Å²) in [5.41, 5.74) is 2.99. The highest BCUT2D eigenvalue weighted by Gasteiger charge is 2.11. The maximum Gasteiger partial charge on any atom is 0.253 e. The number of hydrogen-bond acceptors (Lipinski definition) is 2. The van der Waals surface area contributed by atoms with Crippen molar-refractivity contribution >= 4 is 51.8 Å². The van der Waals surface area contributed by atoms with E-state index in [-0.39, 0.29) is 35.9 Å². The number of aliphatic imine (C=N–C) groups is 1. The second kappa shape index (κ2) is 12.8.